The lowest BCUT2D eigenvalue weighted by molar-refractivity contribution is 0.341. The van der Waals surface area contributed by atoms with Crippen molar-refractivity contribution in [3.8, 4) is 5.75 Å². The van der Waals surface area contributed by atoms with Crippen molar-refractivity contribution in [2.24, 2.45) is 0 Å². The van der Waals surface area contributed by atoms with E-state index >= 15 is 0 Å². The van der Waals surface area contributed by atoms with Crippen LogP contribution >= 0.6 is 0 Å². The quantitative estimate of drug-likeness (QED) is 0.222. The molecular weight excluding hydrogens is 449 g/mol. The van der Waals surface area contributed by atoms with Crippen molar-refractivity contribution in [3.63, 3.8) is 0 Å². The van der Waals surface area contributed by atoms with Crippen LogP contribution in [0.1, 0.15) is 42.4 Å². The van der Waals surface area contributed by atoms with Gasteiger partial charge in [-0.25, -0.2) is 0 Å². The number of phenols is 1. The number of hydrogen-bond donors (Lipinski definition) is 1. The molecule has 0 radical (unpaired) electrons. The van der Waals surface area contributed by atoms with Gasteiger partial charge in [0, 0.05) is 11.9 Å². The van der Waals surface area contributed by atoms with Gasteiger partial charge in [0.15, 0.2) is 0 Å². The first-order valence-electron chi connectivity index (χ1n) is 13.6. The van der Waals surface area contributed by atoms with E-state index in [1.165, 1.54) is 73.2 Å². The Hall–Kier alpha value is -3.30. The van der Waals surface area contributed by atoms with E-state index in [0.717, 1.165) is 29.3 Å². The second-order valence-corrected chi connectivity index (χ2v) is 10.4. The van der Waals surface area contributed by atoms with Crippen molar-refractivity contribution in [3.05, 3.63) is 102 Å². The van der Waals surface area contributed by atoms with E-state index in [1.807, 2.05) is 24.3 Å². The monoisotopic (exact) mass is 487 g/mol. The molecule has 0 unspecified atom stereocenters. The molecule has 37 heavy (non-hydrogen) atoms. The second kappa shape index (κ2) is 11.4. The van der Waals surface area contributed by atoms with Crippen molar-refractivity contribution in [2.45, 2.75) is 44.9 Å². The third kappa shape index (κ3) is 5.24. The fourth-order valence-electron chi connectivity index (χ4n) is 6.13. The molecule has 0 bridgehead atoms. The van der Waals surface area contributed by atoms with Gasteiger partial charge in [0.05, 0.1) is 8.41 Å². The van der Waals surface area contributed by atoms with E-state index in [-0.39, 0.29) is 8.41 Å². The smallest absolute Gasteiger partial charge is 0.126 e. The zero-order valence-corrected chi connectivity index (χ0v) is 21.0. The van der Waals surface area contributed by atoms with Crippen LogP contribution in [0.4, 0.5) is 0 Å². The average molecular weight is 487 g/mol. The number of rotatable bonds is 3. The molecule has 5 aromatic carbocycles. The molecule has 1 N–H and O–H groups in total. The second-order valence-electron chi connectivity index (χ2n) is 10.4. The highest BCUT2D eigenvalue weighted by molar-refractivity contribution is 6.08. The number of phenolic OH excluding ortho intramolecular Hbond substituents is 1. The van der Waals surface area contributed by atoms with Crippen molar-refractivity contribution < 1.29 is 5.11 Å². The Morgan fingerprint density at radius 2 is 1.24 bits per heavy atom. The van der Waals surface area contributed by atoms with Crippen LogP contribution in [0.15, 0.2) is 84.9 Å². The molecule has 1 saturated heterocycles. The average Bonchev–Trinajstić information content (AvgIpc) is 3.47. The fourth-order valence-corrected chi connectivity index (χ4v) is 6.13. The molecule has 0 saturated carbocycles. The minimum absolute atomic E-state index is 0. The lowest BCUT2D eigenvalue weighted by Crippen LogP contribution is -2.21. The van der Waals surface area contributed by atoms with Gasteiger partial charge in [-0.05, 0) is 102 Å². The number of nitrogens with zero attached hydrogens (tertiary/aromatic N) is 1. The minimum Gasteiger partial charge on any atom is -0.507 e. The number of hydrogen-bond acceptors (Lipinski definition) is 2. The predicted molar refractivity (Wildman–Crippen MR) is 163 cm³/mol. The highest BCUT2D eigenvalue weighted by Crippen LogP contribution is 2.33. The standard InChI is InChI=1S/C18H16.C16H19NO.BH3/c1-3-7-15-13(5-1)9-11-18-16-8-4-2-6-14(16)10-12-17(15)18;18-16-14(9-12-17-10-3-4-11-17)8-7-13-5-1-2-6-15(13)16;/h1,3,5,7,9-12H,2,4,6,8H2;1-2,5-8,18H,3-4,9-12H2;1H3. The molecule has 1 fully saturated rings. The highest BCUT2D eigenvalue weighted by Gasteiger charge is 2.14. The summed E-state index contributed by atoms with van der Waals surface area (Å²) < 4.78 is 0. The third-order valence-corrected chi connectivity index (χ3v) is 8.14. The van der Waals surface area contributed by atoms with Gasteiger partial charge in [0.1, 0.15) is 5.75 Å². The first-order valence-corrected chi connectivity index (χ1v) is 13.6. The number of likely N-dealkylation sites (tertiary alicyclic amines) is 1. The van der Waals surface area contributed by atoms with Crippen LogP contribution in [0.3, 0.4) is 0 Å². The van der Waals surface area contributed by atoms with Crippen molar-refractivity contribution >= 4 is 40.7 Å². The number of fused-ring (bicyclic) bond motifs is 6. The van der Waals surface area contributed by atoms with Gasteiger partial charge in [-0.15, -0.1) is 0 Å². The van der Waals surface area contributed by atoms with Crippen LogP contribution in [0.2, 0.25) is 0 Å². The lowest BCUT2D eigenvalue weighted by atomic mass is 9.86. The summed E-state index contributed by atoms with van der Waals surface area (Å²) in [5.41, 5.74) is 4.24. The van der Waals surface area contributed by atoms with Gasteiger partial charge in [-0.1, -0.05) is 84.9 Å². The normalized spacial score (nSPS) is 15.2. The molecule has 7 rings (SSSR count). The summed E-state index contributed by atoms with van der Waals surface area (Å²) in [6.45, 7) is 3.49. The molecule has 1 aliphatic heterocycles. The van der Waals surface area contributed by atoms with Gasteiger partial charge < -0.3 is 10.0 Å². The summed E-state index contributed by atoms with van der Waals surface area (Å²) in [7, 11) is 0. The minimum atomic E-state index is 0. The zero-order valence-electron chi connectivity index (χ0n) is 21.0. The van der Waals surface area contributed by atoms with Crippen LogP contribution in [-0.2, 0) is 19.3 Å². The maximum absolute atomic E-state index is 10.3. The fraction of sp³-hybridized carbons (Fsp3) is 0.294. The summed E-state index contributed by atoms with van der Waals surface area (Å²) in [5, 5.41) is 18.0. The zero-order chi connectivity index (χ0) is 24.3. The van der Waals surface area contributed by atoms with Crippen LogP contribution in [0.25, 0.3) is 32.3 Å². The van der Waals surface area contributed by atoms with E-state index in [1.54, 1.807) is 11.1 Å². The SMILES string of the molecule is B.Oc1c(CCN2CCCC2)ccc2ccccc12.c1ccc2c(c1)ccc1c3c(ccc12)CCCC3. The molecule has 2 aliphatic rings. The first kappa shape index (κ1) is 25.4. The summed E-state index contributed by atoms with van der Waals surface area (Å²) in [6.07, 6.45) is 8.80. The van der Waals surface area contributed by atoms with Crippen LogP contribution in [0, 0.1) is 0 Å². The van der Waals surface area contributed by atoms with Crippen LogP contribution in [0.5, 0.6) is 5.75 Å². The lowest BCUT2D eigenvalue weighted by Gasteiger charge is -2.18. The maximum Gasteiger partial charge on any atom is 0.126 e. The van der Waals surface area contributed by atoms with Gasteiger partial charge in [0.25, 0.3) is 0 Å². The van der Waals surface area contributed by atoms with Gasteiger partial charge in [-0.3, -0.25) is 0 Å². The van der Waals surface area contributed by atoms with E-state index < -0.39 is 0 Å². The number of aryl methyl sites for hydroxylation is 2. The molecule has 0 spiro atoms. The highest BCUT2D eigenvalue weighted by atomic mass is 16.3. The molecule has 5 aromatic rings. The molecule has 0 amide bonds. The summed E-state index contributed by atoms with van der Waals surface area (Å²) >= 11 is 0. The molecule has 2 nitrogen and oxygen atoms in total. The molecule has 1 aliphatic carbocycles. The van der Waals surface area contributed by atoms with E-state index in [0.29, 0.717) is 5.75 Å². The Labute approximate surface area is 222 Å². The number of benzene rings is 5. The van der Waals surface area contributed by atoms with Crippen molar-refractivity contribution in [1.82, 2.24) is 4.90 Å². The van der Waals surface area contributed by atoms with Gasteiger partial charge >= 0.3 is 0 Å². The topological polar surface area (TPSA) is 23.5 Å². The van der Waals surface area contributed by atoms with Crippen molar-refractivity contribution in [2.75, 3.05) is 19.6 Å². The first-order chi connectivity index (χ1) is 17.8. The Morgan fingerprint density at radius 3 is 2.05 bits per heavy atom. The summed E-state index contributed by atoms with van der Waals surface area (Å²) in [6, 6.07) is 30.2. The van der Waals surface area contributed by atoms with Crippen LogP contribution in [-0.4, -0.2) is 38.1 Å². The van der Waals surface area contributed by atoms with Crippen molar-refractivity contribution in [1.29, 1.82) is 0 Å². The molecule has 0 aromatic heterocycles. The number of aromatic hydroxyl groups is 1. The van der Waals surface area contributed by atoms with E-state index in [2.05, 4.69) is 65.6 Å². The third-order valence-electron chi connectivity index (χ3n) is 8.14. The van der Waals surface area contributed by atoms with E-state index in [9.17, 15) is 5.11 Å². The molecule has 0 atom stereocenters. The van der Waals surface area contributed by atoms with E-state index in [4.69, 9.17) is 0 Å². The summed E-state index contributed by atoms with van der Waals surface area (Å²) in [4.78, 5) is 2.48. The Morgan fingerprint density at radius 1 is 0.595 bits per heavy atom. The Kier molecular flexibility index (Phi) is 7.81. The largest absolute Gasteiger partial charge is 0.507 e. The molecule has 188 valence electrons. The molecule has 1 heterocycles. The van der Waals surface area contributed by atoms with Gasteiger partial charge in [0.2, 0.25) is 0 Å². The summed E-state index contributed by atoms with van der Waals surface area (Å²) in [5.74, 6) is 0.465. The predicted octanol–water partition coefficient (Wildman–Crippen LogP) is 6.87. The maximum atomic E-state index is 10.3. The Balaban J connectivity index is 0.000000147. The van der Waals surface area contributed by atoms with Gasteiger partial charge in [-0.2, -0.15) is 0 Å². The molecule has 3 heteroatoms. The Bertz CT molecular complexity index is 1520. The van der Waals surface area contributed by atoms with Crippen LogP contribution < -0.4 is 0 Å². The molecular formula is C34H38BNO.